The highest BCUT2D eigenvalue weighted by Crippen LogP contribution is 2.28. The Morgan fingerprint density at radius 2 is 2.00 bits per heavy atom. The van der Waals surface area contributed by atoms with Crippen molar-refractivity contribution in [1.29, 1.82) is 0 Å². The van der Waals surface area contributed by atoms with Gasteiger partial charge in [0.05, 0.1) is 0 Å². The minimum absolute atomic E-state index is 0.905. The summed E-state index contributed by atoms with van der Waals surface area (Å²) in [5.74, 6) is 0.951. The van der Waals surface area contributed by atoms with Crippen LogP contribution in [0.5, 0.6) is 0 Å². The van der Waals surface area contributed by atoms with Crippen LogP contribution in [0.25, 0.3) is 0 Å². The van der Waals surface area contributed by atoms with Crippen LogP contribution >= 0.6 is 0 Å². The standard InChI is InChI=1S/C13H20N4/c1-14-13-10-12(4-5-15-13)17-8-6-16(7-9-17)11-2-3-11/h4-5,10-11H,2-3,6-9H2,1H3,(H,14,15). The first-order valence-electron chi connectivity index (χ1n) is 6.49. The third kappa shape index (κ3) is 2.36. The first-order chi connectivity index (χ1) is 8.36. The number of rotatable bonds is 3. The van der Waals surface area contributed by atoms with Gasteiger partial charge in [-0.15, -0.1) is 0 Å². The molecule has 17 heavy (non-hydrogen) atoms. The van der Waals surface area contributed by atoms with E-state index in [1.807, 2.05) is 13.2 Å². The fraction of sp³-hybridized carbons (Fsp3) is 0.615. The molecular weight excluding hydrogens is 212 g/mol. The number of nitrogens with one attached hydrogen (secondary N) is 1. The van der Waals surface area contributed by atoms with Gasteiger partial charge in [0.2, 0.25) is 0 Å². The molecule has 0 atom stereocenters. The Hall–Kier alpha value is -1.29. The van der Waals surface area contributed by atoms with Gasteiger partial charge in [-0.25, -0.2) is 4.98 Å². The molecule has 1 aromatic rings. The zero-order chi connectivity index (χ0) is 11.7. The molecule has 0 bridgehead atoms. The maximum Gasteiger partial charge on any atom is 0.127 e. The van der Waals surface area contributed by atoms with E-state index in [2.05, 4.69) is 32.2 Å². The van der Waals surface area contributed by atoms with Crippen LogP contribution in [-0.2, 0) is 0 Å². The van der Waals surface area contributed by atoms with Crippen molar-refractivity contribution in [1.82, 2.24) is 9.88 Å². The number of piperazine rings is 1. The van der Waals surface area contributed by atoms with Crippen LogP contribution < -0.4 is 10.2 Å². The second kappa shape index (κ2) is 4.53. The fourth-order valence-electron chi connectivity index (χ4n) is 2.54. The summed E-state index contributed by atoms with van der Waals surface area (Å²) in [4.78, 5) is 9.35. The monoisotopic (exact) mass is 232 g/mol. The number of nitrogens with zero attached hydrogens (tertiary/aromatic N) is 3. The average Bonchev–Trinajstić information content (AvgIpc) is 3.23. The van der Waals surface area contributed by atoms with Crippen molar-refractivity contribution in [2.75, 3.05) is 43.4 Å². The molecule has 0 aromatic carbocycles. The minimum atomic E-state index is 0.905. The van der Waals surface area contributed by atoms with Crippen LogP contribution in [0.3, 0.4) is 0 Å². The molecular formula is C13H20N4. The van der Waals surface area contributed by atoms with Gasteiger partial charge in [0.25, 0.3) is 0 Å². The smallest absolute Gasteiger partial charge is 0.127 e. The summed E-state index contributed by atoms with van der Waals surface area (Å²) < 4.78 is 0. The first kappa shape index (κ1) is 10.8. The maximum atomic E-state index is 4.26. The first-order valence-corrected chi connectivity index (χ1v) is 6.49. The van der Waals surface area contributed by atoms with E-state index in [-0.39, 0.29) is 0 Å². The molecule has 1 aliphatic carbocycles. The van der Waals surface area contributed by atoms with E-state index in [9.17, 15) is 0 Å². The number of pyridine rings is 1. The lowest BCUT2D eigenvalue weighted by Gasteiger charge is -2.36. The van der Waals surface area contributed by atoms with Crippen molar-refractivity contribution in [3.63, 3.8) is 0 Å². The second-order valence-corrected chi connectivity index (χ2v) is 4.90. The van der Waals surface area contributed by atoms with E-state index in [1.165, 1.54) is 31.6 Å². The Morgan fingerprint density at radius 1 is 1.24 bits per heavy atom. The lowest BCUT2D eigenvalue weighted by atomic mass is 10.2. The number of hydrogen-bond acceptors (Lipinski definition) is 4. The molecule has 0 radical (unpaired) electrons. The van der Waals surface area contributed by atoms with E-state index in [4.69, 9.17) is 0 Å². The molecule has 1 aromatic heterocycles. The molecule has 1 saturated heterocycles. The lowest BCUT2D eigenvalue weighted by molar-refractivity contribution is 0.248. The van der Waals surface area contributed by atoms with Gasteiger partial charge in [0.15, 0.2) is 0 Å². The topological polar surface area (TPSA) is 31.4 Å². The van der Waals surface area contributed by atoms with Crippen LogP contribution in [-0.4, -0.2) is 49.2 Å². The van der Waals surface area contributed by atoms with Crippen molar-refractivity contribution in [2.45, 2.75) is 18.9 Å². The quantitative estimate of drug-likeness (QED) is 0.854. The molecule has 2 aliphatic rings. The highest BCUT2D eigenvalue weighted by molar-refractivity contribution is 5.53. The maximum absolute atomic E-state index is 4.26. The van der Waals surface area contributed by atoms with Crippen molar-refractivity contribution < 1.29 is 0 Å². The largest absolute Gasteiger partial charge is 0.373 e. The molecule has 0 unspecified atom stereocenters. The van der Waals surface area contributed by atoms with E-state index >= 15 is 0 Å². The summed E-state index contributed by atoms with van der Waals surface area (Å²) >= 11 is 0. The Morgan fingerprint density at radius 3 is 2.65 bits per heavy atom. The van der Waals surface area contributed by atoms with Crippen LogP contribution in [0.15, 0.2) is 18.3 Å². The predicted molar refractivity (Wildman–Crippen MR) is 70.6 cm³/mol. The molecule has 0 amide bonds. The molecule has 3 rings (SSSR count). The Labute approximate surface area is 103 Å². The summed E-state index contributed by atoms with van der Waals surface area (Å²) in [6.45, 7) is 4.71. The molecule has 1 aliphatic heterocycles. The highest BCUT2D eigenvalue weighted by Gasteiger charge is 2.31. The third-order valence-corrected chi connectivity index (χ3v) is 3.74. The fourth-order valence-corrected chi connectivity index (χ4v) is 2.54. The normalized spacial score (nSPS) is 21.6. The highest BCUT2D eigenvalue weighted by atomic mass is 15.3. The zero-order valence-corrected chi connectivity index (χ0v) is 10.4. The summed E-state index contributed by atoms with van der Waals surface area (Å²) in [7, 11) is 1.91. The number of aromatic nitrogens is 1. The summed E-state index contributed by atoms with van der Waals surface area (Å²) in [6, 6.07) is 5.14. The number of anilines is 2. The second-order valence-electron chi connectivity index (χ2n) is 4.90. The van der Waals surface area contributed by atoms with Gasteiger partial charge in [-0.3, -0.25) is 4.90 Å². The van der Waals surface area contributed by atoms with Gasteiger partial charge in [-0.05, 0) is 18.9 Å². The molecule has 4 heteroatoms. The van der Waals surface area contributed by atoms with Gasteiger partial charge in [0, 0.05) is 57.2 Å². The van der Waals surface area contributed by atoms with Gasteiger partial charge >= 0.3 is 0 Å². The summed E-state index contributed by atoms with van der Waals surface area (Å²) in [5, 5.41) is 3.10. The lowest BCUT2D eigenvalue weighted by Crippen LogP contribution is -2.47. The van der Waals surface area contributed by atoms with Gasteiger partial charge in [-0.2, -0.15) is 0 Å². The number of hydrogen-bond donors (Lipinski definition) is 1. The summed E-state index contributed by atoms with van der Waals surface area (Å²) in [5.41, 5.74) is 1.29. The van der Waals surface area contributed by atoms with Gasteiger partial charge < -0.3 is 10.2 Å². The Balaban J connectivity index is 1.64. The van der Waals surface area contributed by atoms with Gasteiger partial charge in [-0.1, -0.05) is 0 Å². The molecule has 92 valence electrons. The Bertz CT molecular complexity index is 381. The summed E-state index contributed by atoms with van der Waals surface area (Å²) in [6.07, 6.45) is 4.72. The van der Waals surface area contributed by atoms with E-state index in [1.54, 1.807) is 0 Å². The van der Waals surface area contributed by atoms with E-state index in [0.29, 0.717) is 0 Å². The average molecular weight is 232 g/mol. The minimum Gasteiger partial charge on any atom is -0.373 e. The molecule has 4 nitrogen and oxygen atoms in total. The van der Waals surface area contributed by atoms with Crippen molar-refractivity contribution in [3.05, 3.63) is 18.3 Å². The van der Waals surface area contributed by atoms with Crippen molar-refractivity contribution >= 4 is 11.5 Å². The molecule has 1 N–H and O–H groups in total. The molecule has 0 spiro atoms. The zero-order valence-electron chi connectivity index (χ0n) is 10.4. The van der Waals surface area contributed by atoms with E-state index in [0.717, 1.165) is 24.9 Å². The van der Waals surface area contributed by atoms with Crippen LogP contribution in [0.1, 0.15) is 12.8 Å². The van der Waals surface area contributed by atoms with Gasteiger partial charge in [0.1, 0.15) is 5.82 Å². The SMILES string of the molecule is CNc1cc(N2CCN(C3CC3)CC2)ccn1. The predicted octanol–water partition coefficient (Wildman–Crippen LogP) is 1.41. The van der Waals surface area contributed by atoms with E-state index < -0.39 is 0 Å². The molecule has 2 heterocycles. The third-order valence-electron chi connectivity index (χ3n) is 3.74. The Kier molecular flexibility index (Phi) is 2.89. The van der Waals surface area contributed by atoms with Crippen LogP contribution in [0.2, 0.25) is 0 Å². The van der Waals surface area contributed by atoms with Crippen molar-refractivity contribution in [3.8, 4) is 0 Å². The van der Waals surface area contributed by atoms with Crippen molar-refractivity contribution in [2.24, 2.45) is 0 Å². The molecule has 1 saturated carbocycles. The van der Waals surface area contributed by atoms with Crippen LogP contribution in [0.4, 0.5) is 11.5 Å². The molecule has 2 fully saturated rings. The van der Waals surface area contributed by atoms with Crippen LogP contribution in [0, 0.1) is 0 Å².